The Morgan fingerprint density at radius 1 is 1.33 bits per heavy atom. The smallest absolute Gasteiger partial charge is 0.142 e. The van der Waals surface area contributed by atoms with Crippen LogP contribution >= 0.6 is 0 Å². The first-order valence-corrected chi connectivity index (χ1v) is 7.05. The van der Waals surface area contributed by atoms with Gasteiger partial charge in [0.1, 0.15) is 5.75 Å². The fourth-order valence-corrected chi connectivity index (χ4v) is 3.09. The molecule has 2 atom stereocenters. The molecule has 3 rings (SSSR count). The second kappa shape index (κ2) is 5.19. The Labute approximate surface area is 109 Å². The summed E-state index contributed by atoms with van der Waals surface area (Å²) in [5.41, 5.74) is 1.27. The van der Waals surface area contributed by atoms with Crippen LogP contribution in [0.5, 0.6) is 5.75 Å². The van der Waals surface area contributed by atoms with Crippen molar-refractivity contribution in [1.82, 2.24) is 5.32 Å². The molecule has 2 heterocycles. The molecule has 3 nitrogen and oxygen atoms in total. The van der Waals surface area contributed by atoms with E-state index in [1.54, 1.807) is 0 Å². The Balaban J connectivity index is 1.91. The molecule has 1 N–H and O–H groups in total. The van der Waals surface area contributed by atoms with E-state index in [-0.39, 0.29) is 0 Å². The number of benzene rings is 1. The van der Waals surface area contributed by atoms with Gasteiger partial charge in [-0.1, -0.05) is 19.1 Å². The summed E-state index contributed by atoms with van der Waals surface area (Å²) in [6.07, 6.45) is 2.38. The van der Waals surface area contributed by atoms with E-state index in [1.165, 1.54) is 12.1 Å². The van der Waals surface area contributed by atoms with Crippen molar-refractivity contribution in [2.45, 2.75) is 25.8 Å². The minimum atomic E-state index is 0.599. The number of rotatable bonds is 1. The highest BCUT2D eigenvalue weighted by atomic mass is 16.5. The Kier molecular flexibility index (Phi) is 3.41. The molecule has 1 aromatic carbocycles. The molecule has 1 fully saturated rings. The van der Waals surface area contributed by atoms with Gasteiger partial charge in [-0.2, -0.15) is 0 Å². The number of piperidine rings is 1. The van der Waals surface area contributed by atoms with Crippen LogP contribution in [-0.2, 0) is 0 Å². The minimum Gasteiger partial charge on any atom is -0.491 e. The van der Waals surface area contributed by atoms with Gasteiger partial charge in [0.05, 0.1) is 12.3 Å². The molecule has 98 valence electrons. The van der Waals surface area contributed by atoms with Crippen LogP contribution in [-0.4, -0.2) is 32.3 Å². The SMILES string of the molecule is CC1CCNCC1N1CCCOc2ccccc21. The van der Waals surface area contributed by atoms with Gasteiger partial charge in [-0.3, -0.25) is 0 Å². The standard InChI is InChI=1S/C15H22N2O/c1-12-7-8-16-11-14(12)17-9-4-10-18-15-6-3-2-5-13(15)17/h2-3,5-6,12,14,16H,4,7-11H2,1H3. The zero-order chi connectivity index (χ0) is 12.4. The Hall–Kier alpha value is -1.22. The second-order valence-corrected chi connectivity index (χ2v) is 5.40. The first kappa shape index (κ1) is 11.8. The lowest BCUT2D eigenvalue weighted by Crippen LogP contribution is -2.50. The molecule has 2 unspecified atom stereocenters. The lowest BCUT2D eigenvalue weighted by molar-refractivity contribution is 0.315. The number of nitrogens with zero attached hydrogens (tertiary/aromatic N) is 1. The third-order valence-electron chi connectivity index (χ3n) is 4.16. The highest BCUT2D eigenvalue weighted by Gasteiger charge is 2.29. The largest absolute Gasteiger partial charge is 0.491 e. The van der Waals surface area contributed by atoms with Crippen LogP contribution in [0.15, 0.2) is 24.3 Å². The third kappa shape index (κ3) is 2.19. The fraction of sp³-hybridized carbons (Fsp3) is 0.600. The van der Waals surface area contributed by atoms with E-state index in [9.17, 15) is 0 Å². The second-order valence-electron chi connectivity index (χ2n) is 5.40. The molecule has 3 heteroatoms. The predicted octanol–water partition coefficient (Wildman–Crippen LogP) is 2.27. The molecule has 0 spiro atoms. The molecule has 0 saturated carbocycles. The van der Waals surface area contributed by atoms with Gasteiger partial charge in [0.15, 0.2) is 0 Å². The van der Waals surface area contributed by atoms with Crippen LogP contribution in [0.3, 0.4) is 0 Å². The van der Waals surface area contributed by atoms with Gasteiger partial charge < -0.3 is 15.0 Å². The molecule has 0 aliphatic carbocycles. The molecule has 0 amide bonds. The van der Waals surface area contributed by atoms with Crippen molar-refractivity contribution >= 4 is 5.69 Å². The predicted molar refractivity (Wildman–Crippen MR) is 74.3 cm³/mol. The van der Waals surface area contributed by atoms with Crippen molar-refractivity contribution < 1.29 is 4.74 Å². The highest BCUT2D eigenvalue weighted by molar-refractivity contribution is 5.59. The van der Waals surface area contributed by atoms with E-state index in [1.807, 2.05) is 0 Å². The van der Waals surface area contributed by atoms with Crippen LogP contribution in [0.1, 0.15) is 19.8 Å². The van der Waals surface area contributed by atoms with E-state index in [0.717, 1.165) is 44.3 Å². The number of para-hydroxylation sites is 2. The van der Waals surface area contributed by atoms with Gasteiger partial charge in [-0.05, 0) is 37.4 Å². The maximum atomic E-state index is 5.84. The maximum absolute atomic E-state index is 5.84. The van der Waals surface area contributed by atoms with Gasteiger partial charge in [0.2, 0.25) is 0 Å². The van der Waals surface area contributed by atoms with Gasteiger partial charge in [-0.25, -0.2) is 0 Å². The Bertz CT molecular complexity index is 407. The van der Waals surface area contributed by atoms with Crippen molar-refractivity contribution in [1.29, 1.82) is 0 Å². The summed E-state index contributed by atoms with van der Waals surface area (Å²) in [7, 11) is 0. The third-order valence-corrected chi connectivity index (χ3v) is 4.16. The van der Waals surface area contributed by atoms with Crippen LogP contribution in [0.25, 0.3) is 0 Å². The molecule has 2 aliphatic rings. The quantitative estimate of drug-likeness (QED) is 0.822. The first-order chi connectivity index (χ1) is 8.86. The number of anilines is 1. The van der Waals surface area contributed by atoms with Crippen molar-refractivity contribution in [3.8, 4) is 5.75 Å². The van der Waals surface area contributed by atoms with Gasteiger partial charge in [0, 0.05) is 19.1 Å². The average Bonchev–Trinajstić information content (AvgIpc) is 2.62. The van der Waals surface area contributed by atoms with Crippen molar-refractivity contribution in [2.75, 3.05) is 31.1 Å². The van der Waals surface area contributed by atoms with Crippen LogP contribution < -0.4 is 15.0 Å². The van der Waals surface area contributed by atoms with Crippen LogP contribution in [0.4, 0.5) is 5.69 Å². The van der Waals surface area contributed by atoms with Crippen LogP contribution in [0, 0.1) is 5.92 Å². The summed E-state index contributed by atoms with van der Waals surface area (Å²) >= 11 is 0. The first-order valence-electron chi connectivity index (χ1n) is 7.05. The van der Waals surface area contributed by atoms with Crippen molar-refractivity contribution in [3.63, 3.8) is 0 Å². The van der Waals surface area contributed by atoms with E-state index < -0.39 is 0 Å². The summed E-state index contributed by atoms with van der Waals surface area (Å²) < 4.78 is 5.84. The van der Waals surface area contributed by atoms with Gasteiger partial charge >= 0.3 is 0 Å². The van der Waals surface area contributed by atoms with Gasteiger partial charge in [0.25, 0.3) is 0 Å². The topological polar surface area (TPSA) is 24.5 Å². The normalized spacial score (nSPS) is 28.2. The zero-order valence-electron chi connectivity index (χ0n) is 11.1. The summed E-state index contributed by atoms with van der Waals surface area (Å²) in [6, 6.07) is 9.06. The van der Waals surface area contributed by atoms with Gasteiger partial charge in [-0.15, -0.1) is 0 Å². The summed E-state index contributed by atoms with van der Waals surface area (Å²) in [4.78, 5) is 2.55. The Morgan fingerprint density at radius 2 is 2.22 bits per heavy atom. The minimum absolute atomic E-state index is 0.599. The molecular formula is C15H22N2O. The number of hydrogen-bond donors (Lipinski definition) is 1. The molecule has 2 aliphatic heterocycles. The number of fused-ring (bicyclic) bond motifs is 1. The van der Waals surface area contributed by atoms with E-state index in [2.05, 4.69) is 41.4 Å². The molecule has 0 bridgehead atoms. The Morgan fingerprint density at radius 3 is 3.11 bits per heavy atom. The molecule has 0 aromatic heterocycles. The molecule has 18 heavy (non-hydrogen) atoms. The molecule has 1 aromatic rings. The number of hydrogen-bond acceptors (Lipinski definition) is 3. The summed E-state index contributed by atoms with van der Waals surface area (Å²) in [6.45, 7) is 6.56. The fourth-order valence-electron chi connectivity index (χ4n) is 3.09. The number of nitrogens with one attached hydrogen (secondary N) is 1. The molecule has 1 saturated heterocycles. The molecule has 0 radical (unpaired) electrons. The average molecular weight is 246 g/mol. The van der Waals surface area contributed by atoms with E-state index in [0.29, 0.717) is 6.04 Å². The number of ether oxygens (including phenoxy) is 1. The lowest BCUT2D eigenvalue weighted by Gasteiger charge is -2.40. The van der Waals surface area contributed by atoms with Crippen molar-refractivity contribution in [2.24, 2.45) is 5.92 Å². The summed E-state index contributed by atoms with van der Waals surface area (Å²) in [5, 5.41) is 3.53. The van der Waals surface area contributed by atoms with Crippen molar-refractivity contribution in [3.05, 3.63) is 24.3 Å². The van der Waals surface area contributed by atoms with E-state index >= 15 is 0 Å². The van der Waals surface area contributed by atoms with Crippen LogP contribution in [0.2, 0.25) is 0 Å². The monoisotopic (exact) mass is 246 g/mol. The van der Waals surface area contributed by atoms with E-state index in [4.69, 9.17) is 4.74 Å². The maximum Gasteiger partial charge on any atom is 0.142 e. The lowest BCUT2D eigenvalue weighted by atomic mass is 9.92. The summed E-state index contributed by atoms with van der Waals surface area (Å²) in [5.74, 6) is 1.80. The zero-order valence-corrected chi connectivity index (χ0v) is 11.1. The highest BCUT2D eigenvalue weighted by Crippen LogP contribution is 2.34. The molecular weight excluding hydrogens is 224 g/mol.